The predicted molar refractivity (Wildman–Crippen MR) is 74.7 cm³/mol. The third-order valence-corrected chi connectivity index (χ3v) is 2.80. The summed E-state index contributed by atoms with van der Waals surface area (Å²) in [5.41, 5.74) is 0.876. The number of ether oxygens (including phenoxy) is 1. The fourth-order valence-electron chi connectivity index (χ4n) is 1.53. The van der Waals surface area contributed by atoms with E-state index in [-0.39, 0.29) is 13.0 Å². The fraction of sp³-hybridized carbons (Fsp3) is 0.385. The maximum atomic E-state index is 11.5. The van der Waals surface area contributed by atoms with Crippen molar-refractivity contribution in [3.63, 3.8) is 0 Å². The lowest BCUT2D eigenvalue weighted by Crippen LogP contribution is -2.40. The summed E-state index contributed by atoms with van der Waals surface area (Å²) in [5, 5.41) is 14.4. The van der Waals surface area contributed by atoms with Crippen LogP contribution in [0, 0.1) is 0 Å². The molecule has 0 saturated heterocycles. The van der Waals surface area contributed by atoms with Crippen LogP contribution in [0.5, 0.6) is 0 Å². The van der Waals surface area contributed by atoms with Crippen molar-refractivity contribution in [2.24, 2.45) is 0 Å². The highest BCUT2D eigenvalue weighted by Crippen LogP contribution is 2.10. The number of halogens is 1. The van der Waals surface area contributed by atoms with Crippen LogP contribution in [0.15, 0.2) is 24.3 Å². The number of carbonyl (C=O) groups excluding carboxylic acids is 1. The van der Waals surface area contributed by atoms with Gasteiger partial charge in [0.2, 0.25) is 0 Å². The standard InChI is InChI=1S/C13H17ClN2O4/c1-20-11(6-12(17)18)8-16-13(19)15-7-9-3-2-4-10(14)5-9/h2-5,11H,6-8H2,1H3,(H,17,18)(H2,15,16,19). The van der Waals surface area contributed by atoms with Crippen LogP contribution in [0.25, 0.3) is 0 Å². The molecule has 7 heteroatoms. The molecule has 1 rings (SSSR count). The summed E-state index contributed by atoms with van der Waals surface area (Å²) in [6.45, 7) is 0.465. The zero-order chi connectivity index (χ0) is 15.0. The molecule has 110 valence electrons. The molecule has 0 heterocycles. The summed E-state index contributed by atoms with van der Waals surface area (Å²) in [4.78, 5) is 22.1. The summed E-state index contributed by atoms with van der Waals surface area (Å²) in [6.07, 6.45) is -0.713. The molecular formula is C13H17ClN2O4. The average Bonchev–Trinajstić information content (AvgIpc) is 2.40. The minimum absolute atomic E-state index is 0.129. The van der Waals surface area contributed by atoms with Gasteiger partial charge in [0.1, 0.15) is 0 Å². The number of rotatable bonds is 7. The van der Waals surface area contributed by atoms with E-state index >= 15 is 0 Å². The number of amides is 2. The van der Waals surface area contributed by atoms with E-state index in [4.69, 9.17) is 21.4 Å². The van der Waals surface area contributed by atoms with Crippen molar-refractivity contribution in [3.05, 3.63) is 34.9 Å². The molecule has 1 aromatic rings. The Balaban J connectivity index is 2.31. The second kappa shape index (κ2) is 8.39. The van der Waals surface area contributed by atoms with Gasteiger partial charge in [0.15, 0.2) is 0 Å². The molecule has 1 aromatic carbocycles. The Morgan fingerprint density at radius 3 is 2.75 bits per heavy atom. The maximum Gasteiger partial charge on any atom is 0.315 e. The molecule has 6 nitrogen and oxygen atoms in total. The lowest BCUT2D eigenvalue weighted by atomic mass is 10.2. The minimum atomic E-state index is -0.974. The molecule has 2 amide bonds. The van der Waals surface area contributed by atoms with Crippen LogP contribution in [0.3, 0.4) is 0 Å². The van der Waals surface area contributed by atoms with Crippen LogP contribution in [0.2, 0.25) is 5.02 Å². The molecule has 1 atom stereocenters. The van der Waals surface area contributed by atoms with Crippen LogP contribution >= 0.6 is 11.6 Å². The highest BCUT2D eigenvalue weighted by Gasteiger charge is 2.13. The Labute approximate surface area is 122 Å². The van der Waals surface area contributed by atoms with Crippen molar-refractivity contribution >= 4 is 23.6 Å². The van der Waals surface area contributed by atoms with E-state index in [1.807, 2.05) is 6.07 Å². The number of hydrogen-bond acceptors (Lipinski definition) is 3. The molecule has 0 fully saturated rings. The van der Waals surface area contributed by atoms with Crippen LogP contribution in [0.1, 0.15) is 12.0 Å². The monoisotopic (exact) mass is 300 g/mol. The number of aliphatic carboxylic acids is 1. The van der Waals surface area contributed by atoms with Gasteiger partial charge in [-0.25, -0.2) is 4.79 Å². The molecule has 0 aliphatic heterocycles. The molecule has 0 saturated carbocycles. The van der Waals surface area contributed by atoms with Gasteiger partial charge in [-0.2, -0.15) is 0 Å². The SMILES string of the molecule is COC(CNC(=O)NCc1cccc(Cl)c1)CC(=O)O. The van der Waals surface area contributed by atoms with E-state index in [1.54, 1.807) is 18.2 Å². The molecule has 0 radical (unpaired) electrons. The molecule has 3 N–H and O–H groups in total. The van der Waals surface area contributed by atoms with Crippen molar-refractivity contribution in [2.45, 2.75) is 19.1 Å². The number of benzene rings is 1. The summed E-state index contributed by atoms with van der Waals surface area (Å²) in [5.74, 6) is -0.974. The predicted octanol–water partition coefficient (Wildman–Crippen LogP) is 1.63. The highest BCUT2D eigenvalue weighted by atomic mass is 35.5. The van der Waals surface area contributed by atoms with Gasteiger partial charge in [-0.15, -0.1) is 0 Å². The lowest BCUT2D eigenvalue weighted by Gasteiger charge is -2.14. The normalized spacial score (nSPS) is 11.7. The second-order valence-electron chi connectivity index (χ2n) is 4.15. The van der Waals surface area contributed by atoms with Crippen molar-refractivity contribution in [3.8, 4) is 0 Å². The van der Waals surface area contributed by atoms with Crippen LogP contribution in [0.4, 0.5) is 4.79 Å². The molecule has 0 aromatic heterocycles. The van der Waals surface area contributed by atoms with E-state index in [9.17, 15) is 9.59 Å². The average molecular weight is 301 g/mol. The highest BCUT2D eigenvalue weighted by molar-refractivity contribution is 6.30. The summed E-state index contributed by atoms with van der Waals surface area (Å²) in [6, 6.07) is 6.75. The third-order valence-electron chi connectivity index (χ3n) is 2.57. The Morgan fingerprint density at radius 1 is 1.40 bits per heavy atom. The van der Waals surface area contributed by atoms with Gasteiger partial charge in [-0.05, 0) is 17.7 Å². The summed E-state index contributed by atoms with van der Waals surface area (Å²) < 4.78 is 4.95. The van der Waals surface area contributed by atoms with E-state index in [0.29, 0.717) is 11.6 Å². The molecule has 0 bridgehead atoms. The van der Waals surface area contributed by atoms with Gasteiger partial charge >= 0.3 is 12.0 Å². The molecular weight excluding hydrogens is 284 g/mol. The van der Waals surface area contributed by atoms with Gasteiger partial charge in [0, 0.05) is 25.2 Å². The van der Waals surface area contributed by atoms with Crippen LogP contribution in [-0.4, -0.2) is 36.9 Å². The van der Waals surface area contributed by atoms with Gasteiger partial charge in [-0.1, -0.05) is 23.7 Å². The van der Waals surface area contributed by atoms with E-state index in [1.165, 1.54) is 7.11 Å². The maximum absolute atomic E-state index is 11.5. The number of nitrogens with one attached hydrogen (secondary N) is 2. The largest absolute Gasteiger partial charge is 0.481 e. The Morgan fingerprint density at radius 2 is 2.15 bits per heavy atom. The molecule has 0 aliphatic rings. The number of carboxylic acid groups (broad SMARTS) is 1. The first-order chi connectivity index (χ1) is 9.51. The first kappa shape index (κ1) is 16.3. The smallest absolute Gasteiger partial charge is 0.315 e. The molecule has 0 aliphatic carbocycles. The van der Waals surface area contributed by atoms with Crippen molar-refractivity contribution in [2.75, 3.05) is 13.7 Å². The Hall–Kier alpha value is -1.79. The minimum Gasteiger partial charge on any atom is -0.481 e. The number of carboxylic acids is 1. The van der Waals surface area contributed by atoms with E-state index in [0.717, 1.165) is 5.56 Å². The Kier molecular flexibility index (Phi) is 6.83. The zero-order valence-corrected chi connectivity index (χ0v) is 11.8. The number of urea groups is 1. The number of hydrogen-bond donors (Lipinski definition) is 3. The summed E-state index contributed by atoms with van der Waals surface area (Å²) in [7, 11) is 1.40. The molecule has 1 unspecified atom stereocenters. The second-order valence-corrected chi connectivity index (χ2v) is 4.59. The number of methoxy groups -OCH3 is 1. The van der Waals surface area contributed by atoms with Gasteiger partial charge in [0.05, 0.1) is 12.5 Å². The van der Waals surface area contributed by atoms with Crippen molar-refractivity contribution in [1.29, 1.82) is 0 Å². The zero-order valence-electron chi connectivity index (χ0n) is 11.1. The van der Waals surface area contributed by atoms with E-state index < -0.39 is 18.1 Å². The first-order valence-corrected chi connectivity index (χ1v) is 6.39. The van der Waals surface area contributed by atoms with Gasteiger partial charge < -0.3 is 20.5 Å². The quantitative estimate of drug-likeness (QED) is 0.714. The molecule has 20 heavy (non-hydrogen) atoms. The summed E-state index contributed by atoms with van der Waals surface area (Å²) >= 11 is 5.83. The first-order valence-electron chi connectivity index (χ1n) is 6.02. The van der Waals surface area contributed by atoms with Gasteiger partial charge in [0.25, 0.3) is 0 Å². The van der Waals surface area contributed by atoms with Crippen LogP contribution < -0.4 is 10.6 Å². The molecule has 0 spiro atoms. The van der Waals surface area contributed by atoms with Crippen molar-refractivity contribution in [1.82, 2.24) is 10.6 Å². The Bertz CT molecular complexity index is 467. The number of carbonyl (C=O) groups is 2. The van der Waals surface area contributed by atoms with Gasteiger partial charge in [-0.3, -0.25) is 4.79 Å². The van der Waals surface area contributed by atoms with E-state index in [2.05, 4.69) is 10.6 Å². The van der Waals surface area contributed by atoms with Crippen LogP contribution in [-0.2, 0) is 16.1 Å². The fourth-order valence-corrected chi connectivity index (χ4v) is 1.74. The third kappa shape index (κ3) is 6.40. The van der Waals surface area contributed by atoms with Crippen molar-refractivity contribution < 1.29 is 19.4 Å². The lowest BCUT2D eigenvalue weighted by molar-refractivity contribution is -0.139. The topological polar surface area (TPSA) is 87.7 Å².